The van der Waals surface area contributed by atoms with E-state index in [0.717, 1.165) is 5.56 Å². The molecule has 0 fully saturated rings. The Bertz CT molecular complexity index is 1220. The van der Waals surface area contributed by atoms with Gasteiger partial charge in [0.15, 0.2) is 0 Å². The van der Waals surface area contributed by atoms with Crippen LogP contribution in [0.15, 0.2) is 61.3 Å². The SMILES string of the molecule is Cn1cnc(C(=O)Nc2ccc(OCc3cccc(C#N)c3)c(-n3cnnn3)c2)c1. The van der Waals surface area contributed by atoms with Crippen LogP contribution < -0.4 is 10.1 Å². The summed E-state index contributed by atoms with van der Waals surface area (Å²) in [5, 5.41) is 23.1. The van der Waals surface area contributed by atoms with Crippen LogP contribution in [0.5, 0.6) is 5.75 Å². The van der Waals surface area contributed by atoms with Gasteiger partial charge in [-0.05, 0) is 46.3 Å². The van der Waals surface area contributed by atoms with Gasteiger partial charge in [-0.2, -0.15) is 9.94 Å². The highest BCUT2D eigenvalue weighted by atomic mass is 16.5. The molecule has 0 unspecified atom stereocenters. The first kappa shape index (κ1) is 18.8. The summed E-state index contributed by atoms with van der Waals surface area (Å²) in [6.07, 6.45) is 4.62. The molecule has 148 valence electrons. The second-order valence-corrected chi connectivity index (χ2v) is 6.42. The number of anilines is 1. The number of imidazole rings is 1. The summed E-state index contributed by atoms with van der Waals surface area (Å²) in [6, 6.07) is 14.4. The Labute approximate surface area is 171 Å². The average Bonchev–Trinajstić information content (AvgIpc) is 3.45. The van der Waals surface area contributed by atoms with Crippen LogP contribution in [0, 0.1) is 11.3 Å². The third kappa shape index (κ3) is 4.15. The minimum Gasteiger partial charge on any atom is -0.487 e. The molecule has 2 aromatic heterocycles. The van der Waals surface area contributed by atoms with Crippen molar-refractivity contribution in [3.05, 3.63) is 78.1 Å². The topological polar surface area (TPSA) is 124 Å². The monoisotopic (exact) mass is 400 g/mol. The van der Waals surface area contributed by atoms with E-state index in [1.165, 1.54) is 11.0 Å². The highest BCUT2D eigenvalue weighted by Crippen LogP contribution is 2.27. The quantitative estimate of drug-likeness (QED) is 0.525. The van der Waals surface area contributed by atoms with E-state index in [9.17, 15) is 4.79 Å². The number of carbonyl (C=O) groups is 1. The zero-order valence-corrected chi connectivity index (χ0v) is 15.9. The Morgan fingerprint density at radius 1 is 1.23 bits per heavy atom. The van der Waals surface area contributed by atoms with E-state index in [-0.39, 0.29) is 12.5 Å². The highest BCUT2D eigenvalue weighted by Gasteiger charge is 2.13. The molecule has 0 saturated carbocycles. The normalized spacial score (nSPS) is 10.4. The van der Waals surface area contributed by atoms with Crippen molar-refractivity contribution in [3.63, 3.8) is 0 Å². The second-order valence-electron chi connectivity index (χ2n) is 6.42. The largest absolute Gasteiger partial charge is 0.487 e. The Kier molecular flexibility index (Phi) is 5.17. The van der Waals surface area contributed by atoms with Gasteiger partial charge in [0.1, 0.15) is 30.1 Å². The van der Waals surface area contributed by atoms with Crippen molar-refractivity contribution in [1.82, 2.24) is 29.8 Å². The summed E-state index contributed by atoms with van der Waals surface area (Å²) in [7, 11) is 1.79. The molecule has 1 N–H and O–H groups in total. The standard InChI is InChI=1S/C20H16N8O2/c1-27-10-17(22-12-27)20(29)24-16-5-6-19(18(8-16)28-13-23-25-26-28)30-11-15-4-2-3-14(7-15)9-21/h2-8,10,12-13H,11H2,1H3,(H,24,29). The number of hydrogen-bond donors (Lipinski definition) is 1. The maximum Gasteiger partial charge on any atom is 0.275 e. The first-order valence-electron chi connectivity index (χ1n) is 8.91. The molecule has 1 amide bonds. The van der Waals surface area contributed by atoms with Crippen LogP contribution >= 0.6 is 0 Å². The van der Waals surface area contributed by atoms with Crippen LogP contribution in [0.25, 0.3) is 5.69 Å². The molecule has 0 atom stereocenters. The third-order valence-electron chi connectivity index (χ3n) is 4.20. The number of carbonyl (C=O) groups excluding carboxylic acids is 1. The fourth-order valence-corrected chi connectivity index (χ4v) is 2.78. The lowest BCUT2D eigenvalue weighted by Gasteiger charge is -2.13. The van der Waals surface area contributed by atoms with E-state index in [1.807, 2.05) is 6.07 Å². The van der Waals surface area contributed by atoms with Crippen molar-refractivity contribution in [1.29, 1.82) is 5.26 Å². The van der Waals surface area contributed by atoms with E-state index in [0.29, 0.717) is 28.4 Å². The fraction of sp³-hybridized carbons (Fsp3) is 0.100. The van der Waals surface area contributed by atoms with Crippen molar-refractivity contribution in [2.75, 3.05) is 5.32 Å². The van der Waals surface area contributed by atoms with Crippen molar-refractivity contribution in [2.45, 2.75) is 6.61 Å². The van der Waals surface area contributed by atoms with Crippen LogP contribution in [-0.4, -0.2) is 35.7 Å². The Balaban J connectivity index is 1.57. The predicted octanol–water partition coefficient (Wildman–Crippen LogP) is 2.10. The molecule has 0 bridgehead atoms. The van der Waals surface area contributed by atoms with E-state index in [2.05, 4.69) is 31.9 Å². The average molecular weight is 400 g/mol. The molecule has 4 rings (SSSR count). The van der Waals surface area contributed by atoms with Crippen LogP contribution in [0.1, 0.15) is 21.6 Å². The van der Waals surface area contributed by atoms with E-state index in [1.54, 1.807) is 60.5 Å². The Hall–Kier alpha value is -4.52. The third-order valence-corrected chi connectivity index (χ3v) is 4.20. The number of aryl methyl sites for hydroxylation is 1. The van der Waals surface area contributed by atoms with Crippen molar-refractivity contribution < 1.29 is 9.53 Å². The summed E-state index contributed by atoms with van der Waals surface area (Å²) in [5.74, 6) is 0.181. The number of benzene rings is 2. The van der Waals surface area contributed by atoms with Crippen molar-refractivity contribution in [3.8, 4) is 17.5 Å². The van der Waals surface area contributed by atoms with Gasteiger partial charge in [-0.3, -0.25) is 4.79 Å². The number of ether oxygens (including phenoxy) is 1. The van der Waals surface area contributed by atoms with Crippen LogP contribution in [-0.2, 0) is 13.7 Å². The van der Waals surface area contributed by atoms with Gasteiger partial charge in [-0.25, -0.2) is 4.98 Å². The number of tetrazole rings is 1. The second kappa shape index (κ2) is 8.24. The van der Waals surface area contributed by atoms with Crippen LogP contribution in [0.4, 0.5) is 5.69 Å². The number of aromatic nitrogens is 6. The predicted molar refractivity (Wildman–Crippen MR) is 106 cm³/mol. The van der Waals surface area contributed by atoms with E-state index < -0.39 is 0 Å². The van der Waals surface area contributed by atoms with Crippen LogP contribution in [0.2, 0.25) is 0 Å². The number of nitrogens with one attached hydrogen (secondary N) is 1. The molecule has 2 aromatic carbocycles. The molecule has 30 heavy (non-hydrogen) atoms. The number of hydrogen-bond acceptors (Lipinski definition) is 7. The summed E-state index contributed by atoms with van der Waals surface area (Å²) in [4.78, 5) is 16.4. The zero-order chi connectivity index (χ0) is 20.9. The number of amides is 1. The van der Waals surface area contributed by atoms with Crippen molar-refractivity contribution >= 4 is 11.6 Å². The van der Waals surface area contributed by atoms with Gasteiger partial charge in [0.2, 0.25) is 0 Å². The Morgan fingerprint density at radius 2 is 2.13 bits per heavy atom. The van der Waals surface area contributed by atoms with Gasteiger partial charge in [-0.15, -0.1) is 5.10 Å². The lowest BCUT2D eigenvalue weighted by molar-refractivity contribution is 0.102. The Morgan fingerprint density at radius 3 is 2.87 bits per heavy atom. The van der Waals surface area contributed by atoms with Gasteiger partial charge in [0, 0.05) is 18.9 Å². The molecular weight excluding hydrogens is 384 g/mol. The first-order valence-corrected chi connectivity index (χ1v) is 8.91. The lowest BCUT2D eigenvalue weighted by atomic mass is 10.1. The summed E-state index contributed by atoms with van der Waals surface area (Å²) in [5.41, 5.74) is 2.80. The van der Waals surface area contributed by atoms with E-state index in [4.69, 9.17) is 10.00 Å². The lowest BCUT2D eigenvalue weighted by Crippen LogP contribution is -2.13. The maximum absolute atomic E-state index is 12.4. The minimum atomic E-state index is -0.333. The molecule has 0 saturated heterocycles. The molecular formula is C20H16N8O2. The number of rotatable bonds is 6. The first-order chi connectivity index (χ1) is 14.6. The number of nitrogens with zero attached hydrogens (tertiary/aromatic N) is 7. The number of nitriles is 1. The van der Waals surface area contributed by atoms with Gasteiger partial charge < -0.3 is 14.6 Å². The molecule has 0 radical (unpaired) electrons. The van der Waals surface area contributed by atoms with Gasteiger partial charge in [0.25, 0.3) is 5.91 Å². The fourth-order valence-electron chi connectivity index (χ4n) is 2.78. The van der Waals surface area contributed by atoms with Gasteiger partial charge in [-0.1, -0.05) is 12.1 Å². The summed E-state index contributed by atoms with van der Waals surface area (Å²) in [6.45, 7) is 0.254. The molecule has 4 aromatic rings. The van der Waals surface area contributed by atoms with E-state index >= 15 is 0 Å². The summed E-state index contributed by atoms with van der Waals surface area (Å²) < 4.78 is 9.08. The molecule has 0 aliphatic heterocycles. The highest BCUT2D eigenvalue weighted by molar-refractivity contribution is 6.02. The van der Waals surface area contributed by atoms with Crippen LogP contribution in [0.3, 0.4) is 0 Å². The van der Waals surface area contributed by atoms with Gasteiger partial charge >= 0.3 is 0 Å². The molecule has 10 nitrogen and oxygen atoms in total. The maximum atomic E-state index is 12.4. The minimum absolute atomic E-state index is 0.254. The smallest absolute Gasteiger partial charge is 0.275 e. The molecule has 2 heterocycles. The molecule has 0 aliphatic carbocycles. The molecule has 10 heteroatoms. The molecule has 0 aliphatic rings. The molecule has 0 spiro atoms. The van der Waals surface area contributed by atoms with Crippen molar-refractivity contribution in [2.24, 2.45) is 7.05 Å². The van der Waals surface area contributed by atoms with Gasteiger partial charge in [0.05, 0.1) is 18.0 Å². The summed E-state index contributed by atoms with van der Waals surface area (Å²) >= 11 is 0. The zero-order valence-electron chi connectivity index (χ0n) is 15.9.